The standard InChI is InChI=1S/C12H17NS.ClH/c1-3-14-12(13)10(2)9-11-7-5-4-6-8-11;/h4-8,10,13H,3,9H2,1-2H3;1H. The van der Waals surface area contributed by atoms with Crippen molar-refractivity contribution in [1.29, 1.82) is 5.41 Å². The first kappa shape index (κ1) is 14.5. The van der Waals surface area contributed by atoms with Crippen molar-refractivity contribution in [3.63, 3.8) is 0 Å². The highest BCUT2D eigenvalue weighted by atomic mass is 35.5. The Balaban J connectivity index is 0.00000196. The van der Waals surface area contributed by atoms with Gasteiger partial charge in [0.05, 0.1) is 5.04 Å². The molecule has 0 radical (unpaired) electrons. The molecule has 0 saturated heterocycles. The molecule has 1 unspecified atom stereocenters. The Morgan fingerprint density at radius 1 is 1.33 bits per heavy atom. The molecule has 0 heterocycles. The topological polar surface area (TPSA) is 23.9 Å². The van der Waals surface area contributed by atoms with Crippen LogP contribution >= 0.6 is 24.2 Å². The maximum absolute atomic E-state index is 7.81. The predicted molar refractivity (Wildman–Crippen MR) is 72.4 cm³/mol. The van der Waals surface area contributed by atoms with Gasteiger partial charge in [0.15, 0.2) is 0 Å². The molecule has 0 aromatic heterocycles. The summed E-state index contributed by atoms with van der Waals surface area (Å²) >= 11 is 1.64. The summed E-state index contributed by atoms with van der Waals surface area (Å²) in [6.07, 6.45) is 0.979. The second-order valence-corrected chi connectivity index (χ2v) is 4.69. The Morgan fingerprint density at radius 2 is 1.93 bits per heavy atom. The van der Waals surface area contributed by atoms with Crippen LogP contribution in [-0.4, -0.2) is 10.8 Å². The lowest BCUT2D eigenvalue weighted by molar-refractivity contribution is 0.774. The van der Waals surface area contributed by atoms with Crippen LogP contribution in [0, 0.1) is 11.3 Å². The minimum atomic E-state index is 0. The minimum absolute atomic E-state index is 0. The summed E-state index contributed by atoms with van der Waals surface area (Å²) in [6, 6.07) is 10.4. The quantitative estimate of drug-likeness (QED) is 0.627. The highest BCUT2D eigenvalue weighted by molar-refractivity contribution is 8.13. The average Bonchev–Trinajstić information content (AvgIpc) is 2.19. The number of thioether (sulfide) groups is 1. The molecule has 3 heteroatoms. The third-order valence-electron chi connectivity index (χ3n) is 2.13. The molecule has 1 aromatic carbocycles. The van der Waals surface area contributed by atoms with Gasteiger partial charge in [-0.1, -0.05) is 44.2 Å². The van der Waals surface area contributed by atoms with Crippen LogP contribution in [0.25, 0.3) is 0 Å². The molecule has 0 aliphatic carbocycles. The van der Waals surface area contributed by atoms with Gasteiger partial charge in [0.2, 0.25) is 0 Å². The van der Waals surface area contributed by atoms with Crippen molar-refractivity contribution in [2.45, 2.75) is 20.3 Å². The zero-order chi connectivity index (χ0) is 10.4. The van der Waals surface area contributed by atoms with Gasteiger partial charge in [-0.05, 0) is 17.7 Å². The number of benzene rings is 1. The normalized spacial score (nSPS) is 11.6. The largest absolute Gasteiger partial charge is 0.298 e. The van der Waals surface area contributed by atoms with Gasteiger partial charge in [0, 0.05) is 5.92 Å². The summed E-state index contributed by atoms with van der Waals surface area (Å²) in [5.41, 5.74) is 1.32. The molecule has 0 spiro atoms. The lowest BCUT2D eigenvalue weighted by Gasteiger charge is -2.11. The SMILES string of the molecule is CCSC(=N)C(C)Cc1ccccc1.Cl. The maximum atomic E-state index is 7.81. The third-order valence-corrected chi connectivity index (χ3v) is 3.13. The lowest BCUT2D eigenvalue weighted by Crippen LogP contribution is -2.09. The first-order valence-corrected chi connectivity index (χ1v) is 5.97. The Labute approximate surface area is 103 Å². The van der Waals surface area contributed by atoms with Crippen molar-refractivity contribution in [3.05, 3.63) is 35.9 Å². The van der Waals surface area contributed by atoms with Gasteiger partial charge in [-0.25, -0.2) is 0 Å². The summed E-state index contributed by atoms with van der Waals surface area (Å²) in [7, 11) is 0. The van der Waals surface area contributed by atoms with Gasteiger partial charge < -0.3 is 0 Å². The fourth-order valence-electron chi connectivity index (χ4n) is 1.36. The van der Waals surface area contributed by atoms with Crippen molar-refractivity contribution >= 4 is 29.2 Å². The van der Waals surface area contributed by atoms with Gasteiger partial charge in [0.25, 0.3) is 0 Å². The summed E-state index contributed by atoms with van der Waals surface area (Å²) in [5, 5.41) is 8.61. The highest BCUT2D eigenvalue weighted by Crippen LogP contribution is 2.15. The zero-order valence-electron chi connectivity index (χ0n) is 9.19. The fourth-order valence-corrected chi connectivity index (χ4v) is 2.04. The molecule has 0 aliphatic heterocycles. The Hall–Kier alpha value is -0.470. The molecule has 1 atom stereocenters. The van der Waals surface area contributed by atoms with E-state index < -0.39 is 0 Å². The van der Waals surface area contributed by atoms with Crippen LogP contribution in [0.5, 0.6) is 0 Å². The summed E-state index contributed by atoms with van der Waals surface area (Å²) in [5.74, 6) is 1.35. The molecule has 0 bridgehead atoms. The highest BCUT2D eigenvalue weighted by Gasteiger charge is 2.08. The van der Waals surface area contributed by atoms with Crippen molar-refractivity contribution in [1.82, 2.24) is 0 Å². The van der Waals surface area contributed by atoms with Crippen LogP contribution in [0.1, 0.15) is 19.4 Å². The first-order valence-electron chi connectivity index (χ1n) is 4.99. The molecular weight excluding hydrogens is 226 g/mol. The molecule has 0 aliphatic rings. The lowest BCUT2D eigenvalue weighted by atomic mass is 10.0. The van der Waals surface area contributed by atoms with E-state index in [-0.39, 0.29) is 12.4 Å². The minimum Gasteiger partial charge on any atom is -0.298 e. The Bertz CT molecular complexity index is 287. The van der Waals surface area contributed by atoms with E-state index in [2.05, 4.69) is 38.1 Å². The molecule has 84 valence electrons. The Kier molecular flexibility index (Phi) is 7.53. The van der Waals surface area contributed by atoms with Gasteiger partial charge in [-0.2, -0.15) is 0 Å². The predicted octanol–water partition coefficient (Wildman–Crippen LogP) is 4.02. The van der Waals surface area contributed by atoms with E-state index in [1.807, 2.05) is 6.07 Å². The second kappa shape index (κ2) is 7.77. The van der Waals surface area contributed by atoms with Crippen molar-refractivity contribution < 1.29 is 0 Å². The maximum Gasteiger partial charge on any atom is 0.0672 e. The monoisotopic (exact) mass is 243 g/mol. The Morgan fingerprint density at radius 3 is 2.47 bits per heavy atom. The van der Waals surface area contributed by atoms with Crippen molar-refractivity contribution in [2.75, 3.05) is 5.75 Å². The summed E-state index contributed by atoms with van der Waals surface area (Å²) in [4.78, 5) is 0. The first-order chi connectivity index (χ1) is 6.74. The van der Waals surface area contributed by atoms with E-state index >= 15 is 0 Å². The third kappa shape index (κ3) is 5.24. The van der Waals surface area contributed by atoms with Gasteiger partial charge in [-0.3, -0.25) is 5.41 Å². The fraction of sp³-hybridized carbons (Fsp3) is 0.417. The van der Waals surface area contributed by atoms with Gasteiger partial charge >= 0.3 is 0 Å². The summed E-state index contributed by atoms with van der Waals surface area (Å²) < 4.78 is 0. The van der Waals surface area contributed by atoms with E-state index in [1.54, 1.807) is 11.8 Å². The van der Waals surface area contributed by atoms with Crippen LogP contribution in [0.4, 0.5) is 0 Å². The number of hydrogen-bond donors (Lipinski definition) is 1. The van der Waals surface area contributed by atoms with Crippen LogP contribution in [-0.2, 0) is 6.42 Å². The van der Waals surface area contributed by atoms with Crippen molar-refractivity contribution in [3.8, 4) is 0 Å². The molecule has 1 nitrogen and oxygen atoms in total. The molecule has 15 heavy (non-hydrogen) atoms. The van der Waals surface area contributed by atoms with Crippen LogP contribution in [0.3, 0.4) is 0 Å². The van der Waals surface area contributed by atoms with Gasteiger partial charge in [-0.15, -0.1) is 24.2 Å². The molecule has 0 amide bonds. The van der Waals surface area contributed by atoms with Crippen LogP contribution < -0.4 is 0 Å². The van der Waals surface area contributed by atoms with E-state index in [0.717, 1.165) is 17.2 Å². The van der Waals surface area contributed by atoms with E-state index in [4.69, 9.17) is 5.41 Å². The molecule has 0 saturated carbocycles. The second-order valence-electron chi connectivity index (χ2n) is 3.39. The number of hydrogen-bond acceptors (Lipinski definition) is 2. The molecule has 1 rings (SSSR count). The molecule has 1 aromatic rings. The molecule has 1 N–H and O–H groups in total. The average molecular weight is 244 g/mol. The van der Waals surface area contributed by atoms with Crippen LogP contribution in [0.2, 0.25) is 0 Å². The van der Waals surface area contributed by atoms with Gasteiger partial charge in [0.1, 0.15) is 0 Å². The van der Waals surface area contributed by atoms with E-state index in [0.29, 0.717) is 5.92 Å². The molecule has 0 fully saturated rings. The van der Waals surface area contributed by atoms with E-state index in [1.165, 1.54) is 5.56 Å². The smallest absolute Gasteiger partial charge is 0.0672 e. The number of nitrogens with one attached hydrogen (secondary N) is 1. The van der Waals surface area contributed by atoms with Crippen molar-refractivity contribution in [2.24, 2.45) is 5.92 Å². The molecular formula is C12H18ClNS. The van der Waals surface area contributed by atoms with E-state index in [9.17, 15) is 0 Å². The zero-order valence-corrected chi connectivity index (χ0v) is 10.8. The van der Waals surface area contributed by atoms with Crippen LogP contribution in [0.15, 0.2) is 30.3 Å². The summed E-state index contributed by atoms with van der Waals surface area (Å²) in [6.45, 7) is 4.21. The number of rotatable bonds is 4. The number of halogens is 1.